The molecule has 0 atom stereocenters. The minimum Gasteiger partial charge on any atom is -0.354 e. The number of thiazole rings is 1. The zero-order valence-corrected chi connectivity index (χ0v) is 12.9. The first-order valence-corrected chi connectivity index (χ1v) is 7.01. The van der Waals surface area contributed by atoms with E-state index in [2.05, 4.69) is 10.3 Å². The van der Waals surface area contributed by atoms with Crippen LogP contribution < -0.4 is 5.32 Å². The molecule has 0 aromatic carbocycles. The Hall–Kier alpha value is -1.43. The van der Waals surface area contributed by atoms with Crippen LogP contribution in [0.2, 0.25) is 0 Å². The van der Waals surface area contributed by atoms with Gasteiger partial charge in [-0.15, -0.1) is 11.3 Å². The van der Waals surface area contributed by atoms with Gasteiger partial charge in [-0.25, -0.2) is 4.98 Å². The minimum atomic E-state index is -0.203. The van der Waals surface area contributed by atoms with Gasteiger partial charge in [-0.05, 0) is 5.41 Å². The topological polar surface area (TPSA) is 62.3 Å². The Morgan fingerprint density at radius 2 is 2.05 bits per heavy atom. The van der Waals surface area contributed by atoms with Crippen LogP contribution in [0, 0.1) is 5.41 Å². The molecular formula is C13H21N3O2S. The van der Waals surface area contributed by atoms with Crippen LogP contribution in [0.5, 0.6) is 0 Å². The highest BCUT2D eigenvalue weighted by Crippen LogP contribution is 2.20. The van der Waals surface area contributed by atoms with E-state index in [9.17, 15) is 9.59 Å². The Balaban J connectivity index is 2.62. The van der Waals surface area contributed by atoms with Crippen molar-refractivity contribution in [3.63, 3.8) is 0 Å². The first-order valence-electron chi connectivity index (χ1n) is 6.13. The smallest absolute Gasteiger partial charge is 0.270 e. The second kappa shape index (κ2) is 6.14. The molecule has 1 aromatic rings. The van der Waals surface area contributed by atoms with Gasteiger partial charge in [-0.3, -0.25) is 9.59 Å². The van der Waals surface area contributed by atoms with Gasteiger partial charge in [0.25, 0.3) is 5.91 Å². The van der Waals surface area contributed by atoms with Crippen molar-refractivity contribution >= 4 is 23.2 Å². The number of amides is 2. The van der Waals surface area contributed by atoms with E-state index in [1.165, 1.54) is 11.3 Å². The highest BCUT2D eigenvalue weighted by atomic mass is 32.1. The van der Waals surface area contributed by atoms with Crippen molar-refractivity contribution in [2.24, 2.45) is 5.41 Å². The van der Waals surface area contributed by atoms with Crippen molar-refractivity contribution in [1.82, 2.24) is 15.2 Å². The molecule has 1 aromatic heterocycles. The summed E-state index contributed by atoms with van der Waals surface area (Å²) in [5, 5.41) is 5.00. The Labute approximate surface area is 118 Å². The van der Waals surface area contributed by atoms with Gasteiger partial charge in [0.1, 0.15) is 10.7 Å². The molecule has 1 heterocycles. The van der Waals surface area contributed by atoms with Crippen LogP contribution in [0.4, 0.5) is 0 Å². The van der Waals surface area contributed by atoms with Crippen molar-refractivity contribution in [3.05, 3.63) is 16.1 Å². The summed E-state index contributed by atoms with van der Waals surface area (Å²) in [5.74, 6) is -0.115. The molecule has 0 bridgehead atoms. The van der Waals surface area contributed by atoms with E-state index < -0.39 is 0 Å². The van der Waals surface area contributed by atoms with Crippen molar-refractivity contribution in [3.8, 4) is 0 Å². The quantitative estimate of drug-likeness (QED) is 0.918. The summed E-state index contributed by atoms with van der Waals surface area (Å²) < 4.78 is 0. The molecule has 0 aliphatic carbocycles. The van der Waals surface area contributed by atoms with Gasteiger partial charge < -0.3 is 10.2 Å². The summed E-state index contributed by atoms with van der Waals surface area (Å²) in [4.78, 5) is 29.2. The molecule has 0 saturated carbocycles. The fourth-order valence-electron chi connectivity index (χ4n) is 1.50. The van der Waals surface area contributed by atoms with E-state index in [1.807, 2.05) is 20.8 Å². The normalized spacial score (nSPS) is 11.2. The molecule has 0 radical (unpaired) electrons. The van der Waals surface area contributed by atoms with Crippen LogP contribution in [0.3, 0.4) is 0 Å². The van der Waals surface area contributed by atoms with E-state index in [4.69, 9.17) is 0 Å². The van der Waals surface area contributed by atoms with E-state index in [0.29, 0.717) is 18.7 Å². The Kier molecular flexibility index (Phi) is 5.05. The largest absolute Gasteiger partial charge is 0.354 e. The van der Waals surface area contributed by atoms with Crippen LogP contribution in [-0.4, -0.2) is 35.8 Å². The third-order valence-corrected chi connectivity index (χ3v) is 3.32. The van der Waals surface area contributed by atoms with Crippen LogP contribution in [0.25, 0.3) is 0 Å². The lowest BCUT2D eigenvalue weighted by atomic mass is 9.92. The van der Waals surface area contributed by atoms with Gasteiger partial charge in [0, 0.05) is 25.9 Å². The molecule has 5 nitrogen and oxygen atoms in total. The van der Waals surface area contributed by atoms with Gasteiger partial charge in [-0.2, -0.15) is 0 Å². The molecule has 1 N–H and O–H groups in total. The number of carbonyl (C=O) groups excluding carboxylic acids is 2. The lowest BCUT2D eigenvalue weighted by Crippen LogP contribution is -2.29. The van der Waals surface area contributed by atoms with Gasteiger partial charge in [0.05, 0.1) is 6.54 Å². The summed E-state index contributed by atoms with van der Waals surface area (Å²) in [7, 11) is 3.33. The van der Waals surface area contributed by atoms with Crippen molar-refractivity contribution in [2.45, 2.75) is 33.7 Å². The summed E-state index contributed by atoms with van der Waals surface area (Å²) in [6.45, 7) is 6.54. The third kappa shape index (κ3) is 4.98. The predicted octanol–water partition coefficient (Wildman–Crippen LogP) is 1.90. The summed E-state index contributed by atoms with van der Waals surface area (Å²) in [5.41, 5.74) is 0.376. The molecule has 0 unspecified atom stereocenters. The molecule has 2 amide bonds. The van der Waals surface area contributed by atoms with E-state index in [0.717, 1.165) is 5.01 Å². The maximum atomic E-state index is 12.0. The van der Waals surface area contributed by atoms with Crippen molar-refractivity contribution in [2.75, 3.05) is 14.1 Å². The van der Waals surface area contributed by atoms with E-state index >= 15 is 0 Å². The van der Waals surface area contributed by atoms with Crippen LogP contribution in [0.1, 0.15) is 42.7 Å². The highest BCUT2D eigenvalue weighted by Gasteiger charge is 2.20. The number of hydrogen-bond acceptors (Lipinski definition) is 4. The first kappa shape index (κ1) is 15.6. The number of nitrogens with zero attached hydrogens (tertiary/aromatic N) is 2. The third-order valence-electron chi connectivity index (χ3n) is 2.49. The average Bonchev–Trinajstić information content (AvgIpc) is 2.74. The van der Waals surface area contributed by atoms with Crippen molar-refractivity contribution in [1.29, 1.82) is 0 Å². The molecule has 1 rings (SSSR count). The lowest BCUT2D eigenvalue weighted by molar-refractivity contribution is -0.132. The molecule has 106 valence electrons. The standard InChI is InChI=1S/C13H21N3O2S/c1-13(2,3)6-11(17)16(5)7-10-15-9(8-19-10)12(18)14-4/h8H,6-7H2,1-5H3,(H,14,18). The van der Waals surface area contributed by atoms with Gasteiger partial charge in [-0.1, -0.05) is 20.8 Å². The number of nitrogens with one attached hydrogen (secondary N) is 1. The summed E-state index contributed by atoms with van der Waals surface area (Å²) >= 11 is 1.39. The number of hydrogen-bond donors (Lipinski definition) is 1. The van der Waals surface area contributed by atoms with Crippen LogP contribution in [-0.2, 0) is 11.3 Å². The maximum Gasteiger partial charge on any atom is 0.270 e. The molecular weight excluding hydrogens is 262 g/mol. The molecule has 0 spiro atoms. The summed E-state index contributed by atoms with van der Waals surface area (Å²) in [6.07, 6.45) is 0.497. The second-order valence-corrected chi connectivity index (χ2v) is 6.64. The van der Waals surface area contributed by atoms with Gasteiger partial charge in [0.15, 0.2) is 0 Å². The zero-order chi connectivity index (χ0) is 14.6. The van der Waals surface area contributed by atoms with E-state index in [-0.39, 0.29) is 17.2 Å². The molecule has 0 fully saturated rings. The highest BCUT2D eigenvalue weighted by molar-refractivity contribution is 7.09. The lowest BCUT2D eigenvalue weighted by Gasteiger charge is -2.22. The number of carbonyl (C=O) groups is 2. The average molecular weight is 283 g/mol. The fraction of sp³-hybridized carbons (Fsp3) is 0.615. The first-order chi connectivity index (χ1) is 8.73. The Morgan fingerprint density at radius 3 is 2.58 bits per heavy atom. The minimum absolute atomic E-state index is 0.0263. The van der Waals surface area contributed by atoms with Gasteiger partial charge >= 0.3 is 0 Å². The Morgan fingerprint density at radius 1 is 1.42 bits per heavy atom. The molecule has 0 saturated heterocycles. The molecule has 19 heavy (non-hydrogen) atoms. The predicted molar refractivity (Wildman–Crippen MR) is 76.1 cm³/mol. The van der Waals surface area contributed by atoms with Gasteiger partial charge in [0.2, 0.25) is 5.91 Å². The fourth-order valence-corrected chi connectivity index (χ4v) is 2.32. The molecule has 6 heteroatoms. The summed E-state index contributed by atoms with van der Waals surface area (Å²) in [6, 6.07) is 0. The molecule has 0 aliphatic heterocycles. The van der Waals surface area contributed by atoms with E-state index in [1.54, 1.807) is 24.4 Å². The van der Waals surface area contributed by atoms with Crippen LogP contribution >= 0.6 is 11.3 Å². The maximum absolute atomic E-state index is 12.0. The number of aromatic nitrogens is 1. The Bertz CT molecular complexity index is 463. The second-order valence-electron chi connectivity index (χ2n) is 5.69. The van der Waals surface area contributed by atoms with Crippen molar-refractivity contribution < 1.29 is 9.59 Å². The number of rotatable bonds is 4. The molecule has 0 aliphatic rings. The monoisotopic (exact) mass is 283 g/mol. The zero-order valence-electron chi connectivity index (χ0n) is 12.1. The SMILES string of the molecule is CNC(=O)c1csc(CN(C)C(=O)CC(C)(C)C)n1. The van der Waals surface area contributed by atoms with Crippen LogP contribution in [0.15, 0.2) is 5.38 Å².